The standard InChI is InChI=1S/C11H14BrClN2O/c1-7-4-9(14-5-8(7)12)15-10(16)11(2,3)6-13/h4-5H,6H2,1-3H3,(H,14,15,16). The van der Waals surface area contributed by atoms with E-state index in [4.69, 9.17) is 11.6 Å². The van der Waals surface area contributed by atoms with Crippen LogP contribution in [0.15, 0.2) is 16.7 Å². The minimum absolute atomic E-state index is 0.128. The third-order valence-electron chi connectivity index (χ3n) is 2.24. The summed E-state index contributed by atoms with van der Waals surface area (Å²) in [7, 11) is 0. The van der Waals surface area contributed by atoms with Gasteiger partial charge in [0.2, 0.25) is 5.91 Å². The quantitative estimate of drug-likeness (QED) is 0.870. The maximum atomic E-state index is 11.8. The number of carbonyl (C=O) groups excluding carboxylic acids is 1. The number of pyridine rings is 1. The van der Waals surface area contributed by atoms with Crippen LogP contribution in [0.4, 0.5) is 5.82 Å². The predicted molar refractivity (Wildman–Crippen MR) is 69.8 cm³/mol. The first-order valence-corrected chi connectivity index (χ1v) is 6.19. The van der Waals surface area contributed by atoms with E-state index in [1.54, 1.807) is 20.0 Å². The average molecular weight is 306 g/mol. The van der Waals surface area contributed by atoms with Gasteiger partial charge in [-0.25, -0.2) is 4.98 Å². The number of nitrogens with one attached hydrogen (secondary N) is 1. The molecule has 0 fully saturated rings. The summed E-state index contributed by atoms with van der Waals surface area (Å²) in [6.07, 6.45) is 1.67. The molecule has 1 aromatic rings. The molecule has 1 rings (SSSR count). The van der Waals surface area contributed by atoms with Crippen LogP contribution in [-0.4, -0.2) is 16.8 Å². The highest BCUT2D eigenvalue weighted by molar-refractivity contribution is 9.10. The molecule has 0 saturated carbocycles. The fraction of sp³-hybridized carbons (Fsp3) is 0.455. The highest BCUT2D eigenvalue weighted by atomic mass is 79.9. The number of hydrogen-bond acceptors (Lipinski definition) is 2. The van der Waals surface area contributed by atoms with E-state index in [-0.39, 0.29) is 11.8 Å². The zero-order chi connectivity index (χ0) is 12.3. The van der Waals surface area contributed by atoms with Crippen molar-refractivity contribution in [2.24, 2.45) is 5.41 Å². The van der Waals surface area contributed by atoms with E-state index in [2.05, 4.69) is 26.2 Å². The second-order valence-electron chi connectivity index (χ2n) is 4.29. The Morgan fingerprint density at radius 3 is 2.75 bits per heavy atom. The molecule has 1 aromatic heterocycles. The molecule has 1 heterocycles. The fourth-order valence-electron chi connectivity index (χ4n) is 0.954. The van der Waals surface area contributed by atoms with Crippen molar-refractivity contribution in [3.05, 3.63) is 22.3 Å². The molecule has 16 heavy (non-hydrogen) atoms. The SMILES string of the molecule is Cc1cc(NC(=O)C(C)(C)CCl)ncc1Br. The van der Waals surface area contributed by atoms with Crippen molar-refractivity contribution in [3.8, 4) is 0 Å². The number of amides is 1. The van der Waals surface area contributed by atoms with E-state index in [1.165, 1.54) is 0 Å². The van der Waals surface area contributed by atoms with Gasteiger partial charge in [-0.15, -0.1) is 11.6 Å². The smallest absolute Gasteiger partial charge is 0.232 e. The Balaban J connectivity index is 2.82. The third-order valence-corrected chi connectivity index (χ3v) is 3.74. The monoisotopic (exact) mass is 304 g/mol. The molecule has 0 saturated heterocycles. The fourth-order valence-corrected chi connectivity index (χ4v) is 1.29. The Labute approximate surface area is 109 Å². The summed E-state index contributed by atoms with van der Waals surface area (Å²) in [6, 6.07) is 1.81. The van der Waals surface area contributed by atoms with E-state index in [0.717, 1.165) is 10.0 Å². The molecule has 1 amide bonds. The van der Waals surface area contributed by atoms with Gasteiger partial charge in [0.15, 0.2) is 0 Å². The molecule has 0 radical (unpaired) electrons. The van der Waals surface area contributed by atoms with Crippen LogP contribution in [0, 0.1) is 12.3 Å². The molecule has 88 valence electrons. The van der Waals surface area contributed by atoms with E-state index < -0.39 is 5.41 Å². The molecule has 0 bridgehead atoms. The molecular formula is C11H14BrClN2O. The molecule has 5 heteroatoms. The topological polar surface area (TPSA) is 42.0 Å². The number of carbonyl (C=O) groups is 1. The van der Waals surface area contributed by atoms with Crippen LogP contribution in [0.1, 0.15) is 19.4 Å². The molecule has 0 atom stereocenters. The molecule has 1 N–H and O–H groups in total. The Kier molecular flexibility index (Phi) is 4.33. The zero-order valence-electron chi connectivity index (χ0n) is 9.47. The lowest BCUT2D eigenvalue weighted by atomic mass is 9.95. The number of aromatic nitrogens is 1. The van der Waals surface area contributed by atoms with Gasteiger partial charge >= 0.3 is 0 Å². The molecule has 0 aliphatic carbocycles. The molecule has 0 unspecified atom stereocenters. The summed E-state index contributed by atoms with van der Waals surface area (Å²) in [6.45, 7) is 5.52. The van der Waals surface area contributed by atoms with Crippen molar-refractivity contribution in [2.75, 3.05) is 11.2 Å². The highest BCUT2D eigenvalue weighted by Crippen LogP contribution is 2.21. The summed E-state index contributed by atoms with van der Waals surface area (Å²) < 4.78 is 0.919. The van der Waals surface area contributed by atoms with E-state index in [0.29, 0.717) is 5.82 Å². The Morgan fingerprint density at radius 2 is 2.25 bits per heavy atom. The summed E-state index contributed by atoms with van der Waals surface area (Å²) >= 11 is 9.07. The van der Waals surface area contributed by atoms with E-state index >= 15 is 0 Å². The van der Waals surface area contributed by atoms with Crippen molar-refractivity contribution < 1.29 is 4.79 Å². The number of alkyl halides is 1. The van der Waals surface area contributed by atoms with Gasteiger partial charge in [-0.3, -0.25) is 4.79 Å². The average Bonchev–Trinajstić information content (AvgIpc) is 2.23. The van der Waals surface area contributed by atoms with Crippen LogP contribution in [0.25, 0.3) is 0 Å². The summed E-state index contributed by atoms with van der Waals surface area (Å²) in [5.41, 5.74) is 0.429. The first kappa shape index (κ1) is 13.5. The second-order valence-corrected chi connectivity index (χ2v) is 5.41. The van der Waals surface area contributed by atoms with Gasteiger partial charge in [0.05, 0.1) is 5.41 Å². The lowest BCUT2D eigenvalue weighted by Crippen LogP contribution is -2.32. The van der Waals surface area contributed by atoms with Crippen LogP contribution in [-0.2, 0) is 4.79 Å². The number of halogens is 2. The molecule has 0 aliphatic heterocycles. The lowest BCUT2D eigenvalue weighted by Gasteiger charge is -2.20. The Morgan fingerprint density at radius 1 is 1.62 bits per heavy atom. The van der Waals surface area contributed by atoms with Crippen LogP contribution < -0.4 is 5.32 Å². The van der Waals surface area contributed by atoms with Gasteiger partial charge in [-0.1, -0.05) is 0 Å². The van der Waals surface area contributed by atoms with Crippen LogP contribution in [0.3, 0.4) is 0 Å². The minimum atomic E-state index is -0.593. The highest BCUT2D eigenvalue weighted by Gasteiger charge is 2.26. The molecule has 0 spiro atoms. The van der Waals surface area contributed by atoms with Crippen molar-refractivity contribution in [3.63, 3.8) is 0 Å². The minimum Gasteiger partial charge on any atom is -0.310 e. The molecular weight excluding hydrogens is 291 g/mol. The number of anilines is 1. The largest absolute Gasteiger partial charge is 0.310 e. The molecule has 0 aliphatic rings. The number of aryl methyl sites for hydroxylation is 1. The lowest BCUT2D eigenvalue weighted by molar-refractivity contribution is -0.123. The number of nitrogens with zero attached hydrogens (tertiary/aromatic N) is 1. The molecule has 0 aromatic carbocycles. The third kappa shape index (κ3) is 3.19. The summed E-state index contributed by atoms with van der Waals surface area (Å²) in [5, 5.41) is 2.75. The van der Waals surface area contributed by atoms with Crippen LogP contribution in [0.2, 0.25) is 0 Å². The maximum Gasteiger partial charge on any atom is 0.232 e. The van der Waals surface area contributed by atoms with Gasteiger partial charge in [0, 0.05) is 16.5 Å². The zero-order valence-corrected chi connectivity index (χ0v) is 11.8. The van der Waals surface area contributed by atoms with Gasteiger partial charge in [0.25, 0.3) is 0 Å². The predicted octanol–water partition coefficient (Wildman–Crippen LogP) is 3.36. The summed E-state index contributed by atoms with van der Waals surface area (Å²) in [5.74, 6) is 0.689. The van der Waals surface area contributed by atoms with Gasteiger partial charge in [-0.05, 0) is 48.3 Å². The normalized spacial score (nSPS) is 11.3. The summed E-state index contributed by atoms with van der Waals surface area (Å²) in [4.78, 5) is 15.9. The maximum absolute atomic E-state index is 11.8. The first-order chi connectivity index (χ1) is 7.36. The van der Waals surface area contributed by atoms with E-state index in [1.807, 2.05) is 13.0 Å². The van der Waals surface area contributed by atoms with Crippen molar-refractivity contribution in [1.82, 2.24) is 4.98 Å². The number of rotatable bonds is 3. The van der Waals surface area contributed by atoms with Gasteiger partial charge in [-0.2, -0.15) is 0 Å². The second kappa shape index (κ2) is 5.15. The van der Waals surface area contributed by atoms with Crippen LogP contribution >= 0.6 is 27.5 Å². The number of hydrogen-bond donors (Lipinski definition) is 1. The molecule has 3 nitrogen and oxygen atoms in total. The van der Waals surface area contributed by atoms with Gasteiger partial charge < -0.3 is 5.32 Å². The Bertz CT molecular complexity index is 407. The van der Waals surface area contributed by atoms with Crippen molar-refractivity contribution in [2.45, 2.75) is 20.8 Å². The van der Waals surface area contributed by atoms with Crippen LogP contribution in [0.5, 0.6) is 0 Å². The first-order valence-electron chi connectivity index (χ1n) is 4.86. The van der Waals surface area contributed by atoms with Gasteiger partial charge in [0.1, 0.15) is 5.82 Å². The van der Waals surface area contributed by atoms with Crippen molar-refractivity contribution in [1.29, 1.82) is 0 Å². The Hall–Kier alpha value is -0.610. The van der Waals surface area contributed by atoms with Crippen molar-refractivity contribution >= 4 is 39.3 Å². The van der Waals surface area contributed by atoms with E-state index in [9.17, 15) is 4.79 Å².